The smallest absolute Gasteiger partial charge is 0.238 e. The van der Waals surface area contributed by atoms with Crippen LogP contribution in [0.15, 0.2) is 76.2 Å². The second-order valence-corrected chi connectivity index (χ2v) is 8.06. The topological polar surface area (TPSA) is 121 Å². The van der Waals surface area contributed by atoms with Crippen molar-refractivity contribution in [1.82, 2.24) is 9.78 Å². The third kappa shape index (κ3) is 3.73. The number of benzene rings is 2. The van der Waals surface area contributed by atoms with Gasteiger partial charge in [-0.25, -0.2) is 18.2 Å². The molecule has 0 bridgehead atoms. The molecule has 4 aromatic rings. The van der Waals surface area contributed by atoms with Crippen LogP contribution in [0.25, 0.3) is 28.4 Å². The Morgan fingerprint density at radius 3 is 2.50 bits per heavy atom. The lowest BCUT2D eigenvalue weighted by Crippen LogP contribution is -2.15. The number of aromatic nitrogens is 2. The van der Waals surface area contributed by atoms with Gasteiger partial charge in [-0.15, -0.1) is 0 Å². The lowest BCUT2D eigenvalue weighted by Gasteiger charge is -2.11. The van der Waals surface area contributed by atoms with Crippen LogP contribution in [0.2, 0.25) is 0 Å². The number of ether oxygens (including phenoxy) is 1. The van der Waals surface area contributed by atoms with Gasteiger partial charge in [0.05, 0.1) is 36.3 Å². The summed E-state index contributed by atoms with van der Waals surface area (Å²) in [6.45, 7) is -0.482. The number of hydrogen-bond donors (Lipinski definition) is 2. The predicted molar refractivity (Wildman–Crippen MR) is 111 cm³/mol. The first-order valence-corrected chi connectivity index (χ1v) is 10.5. The molecule has 2 aromatic heterocycles. The molecular formula is C21H19N3O5S. The summed E-state index contributed by atoms with van der Waals surface area (Å²) in [6.07, 6.45) is 1.56. The molecule has 2 aromatic carbocycles. The maximum Gasteiger partial charge on any atom is 0.238 e. The van der Waals surface area contributed by atoms with Crippen LogP contribution in [-0.2, 0) is 16.6 Å². The number of nitrogens with two attached hydrogens (primary N) is 1. The molecule has 0 aliphatic heterocycles. The molecule has 3 N–H and O–H groups in total. The fourth-order valence-corrected chi connectivity index (χ4v) is 3.94. The van der Waals surface area contributed by atoms with E-state index >= 15 is 0 Å². The second kappa shape index (κ2) is 7.79. The molecule has 2 heterocycles. The van der Waals surface area contributed by atoms with E-state index in [-0.39, 0.29) is 10.5 Å². The lowest BCUT2D eigenvalue weighted by molar-refractivity contribution is 0.278. The summed E-state index contributed by atoms with van der Waals surface area (Å²) >= 11 is 0. The van der Waals surface area contributed by atoms with Crippen molar-refractivity contribution in [1.29, 1.82) is 0 Å². The molecule has 0 aliphatic carbocycles. The Labute approximate surface area is 173 Å². The van der Waals surface area contributed by atoms with Crippen molar-refractivity contribution >= 4 is 10.0 Å². The first kappa shape index (κ1) is 19.9. The van der Waals surface area contributed by atoms with Gasteiger partial charge < -0.3 is 14.3 Å². The SMILES string of the molecule is COc1ccc(-c2cc(-c3ccco3)nn2-c2ccc(S(N)(=O)=O)c(CO)c2)cc1. The number of aliphatic hydroxyl groups excluding tert-OH is 1. The summed E-state index contributed by atoms with van der Waals surface area (Å²) in [5.74, 6) is 1.31. The van der Waals surface area contributed by atoms with Gasteiger partial charge in [0.15, 0.2) is 5.76 Å². The minimum Gasteiger partial charge on any atom is -0.497 e. The quantitative estimate of drug-likeness (QED) is 0.490. The summed E-state index contributed by atoms with van der Waals surface area (Å²) < 4.78 is 35.9. The highest BCUT2D eigenvalue weighted by atomic mass is 32.2. The fraction of sp³-hybridized carbons (Fsp3) is 0.0952. The fourth-order valence-electron chi connectivity index (χ4n) is 3.19. The van der Waals surface area contributed by atoms with Crippen molar-refractivity contribution in [3.63, 3.8) is 0 Å². The van der Waals surface area contributed by atoms with Crippen LogP contribution >= 0.6 is 0 Å². The third-order valence-corrected chi connectivity index (χ3v) is 5.65. The first-order valence-electron chi connectivity index (χ1n) is 8.96. The van der Waals surface area contributed by atoms with E-state index in [1.165, 1.54) is 6.07 Å². The second-order valence-electron chi connectivity index (χ2n) is 6.53. The van der Waals surface area contributed by atoms with Crippen LogP contribution < -0.4 is 9.88 Å². The van der Waals surface area contributed by atoms with E-state index < -0.39 is 16.6 Å². The monoisotopic (exact) mass is 425 g/mol. The van der Waals surface area contributed by atoms with Crippen molar-refractivity contribution in [2.24, 2.45) is 5.14 Å². The molecule has 8 nitrogen and oxygen atoms in total. The van der Waals surface area contributed by atoms with Gasteiger partial charge in [-0.3, -0.25) is 0 Å². The van der Waals surface area contributed by atoms with Crippen LogP contribution in [-0.4, -0.2) is 30.4 Å². The maximum absolute atomic E-state index is 11.8. The number of primary sulfonamides is 1. The third-order valence-electron chi connectivity index (χ3n) is 4.63. The standard InChI is InChI=1S/C21H19N3O5S/c1-28-17-7-4-14(5-8-17)19-12-18(20-3-2-10-29-20)23-24(19)16-6-9-21(30(22,26)27)15(11-16)13-25/h2-12,25H,13H2,1H3,(H2,22,26,27). The molecule has 30 heavy (non-hydrogen) atoms. The molecule has 0 saturated carbocycles. The Morgan fingerprint density at radius 2 is 1.90 bits per heavy atom. The van der Waals surface area contributed by atoms with E-state index in [9.17, 15) is 13.5 Å². The van der Waals surface area contributed by atoms with Crippen LogP contribution in [0.3, 0.4) is 0 Å². The number of sulfonamides is 1. The number of rotatable bonds is 6. The first-order chi connectivity index (χ1) is 14.4. The molecule has 0 saturated heterocycles. The van der Waals surface area contributed by atoms with Crippen LogP contribution in [0, 0.1) is 0 Å². The van der Waals surface area contributed by atoms with Crippen molar-refractivity contribution < 1.29 is 22.7 Å². The number of furan rings is 1. The average molecular weight is 425 g/mol. The normalized spacial score (nSPS) is 11.6. The highest BCUT2D eigenvalue weighted by Gasteiger charge is 2.18. The van der Waals surface area contributed by atoms with Crippen molar-refractivity contribution in [2.75, 3.05) is 7.11 Å². The van der Waals surface area contributed by atoms with E-state index in [4.69, 9.17) is 14.3 Å². The van der Waals surface area contributed by atoms with Gasteiger partial charge in [-0.1, -0.05) is 0 Å². The summed E-state index contributed by atoms with van der Waals surface area (Å²) in [4.78, 5) is -0.127. The molecule has 0 amide bonds. The molecule has 0 spiro atoms. The zero-order valence-electron chi connectivity index (χ0n) is 16.0. The van der Waals surface area contributed by atoms with Crippen molar-refractivity contribution in [3.8, 4) is 34.1 Å². The molecular weight excluding hydrogens is 406 g/mol. The Balaban J connectivity index is 1.90. The van der Waals surface area contributed by atoms with Gasteiger partial charge in [0.25, 0.3) is 0 Å². The summed E-state index contributed by atoms with van der Waals surface area (Å²) in [5.41, 5.74) is 2.96. The van der Waals surface area contributed by atoms with E-state index in [1.807, 2.05) is 30.3 Å². The van der Waals surface area contributed by atoms with Gasteiger partial charge >= 0.3 is 0 Å². The zero-order chi connectivity index (χ0) is 21.3. The van der Waals surface area contributed by atoms with Crippen molar-refractivity contribution in [2.45, 2.75) is 11.5 Å². The summed E-state index contributed by atoms with van der Waals surface area (Å²) in [5, 5.41) is 19.6. The molecule has 0 radical (unpaired) electrons. The van der Waals surface area contributed by atoms with Crippen molar-refractivity contribution in [3.05, 3.63) is 72.5 Å². The molecule has 9 heteroatoms. The van der Waals surface area contributed by atoms with Gasteiger partial charge in [0, 0.05) is 5.56 Å². The number of aliphatic hydroxyl groups is 1. The van der Waals surface area contributed by atoms with E-state index in [1.54, 1.807) is 42.3 Å². The predicted octanol–water partition coefficient (Wildman–Crippen LogP) is 2.95. The van der Waals surface area contributed by atoms with E-state index in [0.717, 1.165) is 17.0 Å². The number of nitrogens with zero attached hydrogens (tertiary/aromatic N) is 2. The van der Waals surface area contributed by atoms with E-state index in [2.05, 4.69) is 5.10 Å². The largest absolute Gasteiger partial charge is 0.497 e. The summed E-state index contributed by atoms with van der Waals surface area (Å²) in [6, 6.07) is 17.4. The number of methoxy groups -OCH3 is 1. The Morgan fingerprint density at radius 1 is 1.13 bits per heavy atom. The highest BCUT2D eigenvalue weighted by molar-refractivity contribution is 7.89. The minimum absolute atomic E-state index is 0.127. The number of hydrogen-bond acceptors (Lipinski definition) is 6. The molecule has 154 valence electrons. The Bertz CT molecular complexity index is 1280. The van der Waals surface area contributed by atoms with Gasteiger partial charge in [0.1, 0.15) is 11.4 Å². The van der Waals surface area contributed by atoms with E-state index in [0.29, 0.717) is 17.1 Å². The van der Waals surface area contributed by atoms with Crippen LogP contribution in [0.1, 0.15) is 5.56 Å². The molecule has 0 aliphatic rings. The zero-order valence-corrected chi connectivity index (χ0v) is 16.8. The Kier molecular flexibility index (Phi) is 5.17. The van der Waals surface area contributed by atoms with Gasteiger partial charge in [-0.05, 0) is 66.2 Å². The molecule has 0 atom stereocenters. The van der Waals surface area contributed by atoms with Crippen LogP contribution in [0.5, 0.6) is 5.75 Å². The molecule has 0 unspecified atom stereocenters. The summed E-state index contributed by atoms with van der Waals surface area (Å²) in [7, 11) is -2.37. The highest BCUT2D eigenvalue weighted by Crippen LogP contribution is 2.31. The lowest BCUT2D eigenvalue weighted by atomic mass is 10.1. The van der Waals surface area contributed by atoms with Crippen LogP contribution in [0.4, 0.5) is 0 Å². The van der Waals surface area contributed by atoms with Gasteiger partial charge in [-0.2, -0.15) is 5.10 Å². The Hall–Kier alpha value is -3.40. The minimum atomic E-state index is -3.96. The molecule has 0 fully saturated rings. The van der Waals surface area contributed by atoms with Gasteiger partial charge in [0.2, 0.25) is 10.0 Å². The molecule has 4 rings (SSSR count). The average Bonchev–Trinajstić information content (AvgIpc) is 3.42. The maximum atomic E-state index is 11.8.